The maximum atomic E-state index is 5.05. The van der Waals surface area contributed by atoms with Crippen LogP contribution >= 0.6 is 24.4 Å². The molecule has 0 aliphatic carbocycles. The third-order valence-corrected chi connectivity index (χ3v) is 2.54. The minimum absolute atomic E-state index is 0.574. The Morgan fingerprint density at radius 2 is 1.25 bits per heavy atom. The van der Waals surface area contributed by atoms with E-state index in [1.54, 1.807) is 0 Å². The van der Waals surface area contributed by atoms with Crippen LogP contribution in [-0.4, -0.2) is 9.97 Å². The van der Waals surface area contributed by atoms with E-state index < -0.39 is 0 Å². The molecule has 1 aromatic heterocycles. The van der Waals surface area contributed by atoms with Gasteiger partial charge < -0.3 is 9.97 Å². The molecule has 0 saturated heterocycles. The van der Waals surface area contributed by atoms with Crippen LogP contribution in [0.1, 0.15) is 25.2 Å². The van der Waals surface area contributed by atoms with E-state index in [0.717, 1.165) is 24.2 Å². The van der Waals surface area contributed by atoms with Crippen LogP contribution in [0.5, 0.6) is 0 Å². The van der Waals surface area contributed by atoms with Gasteiger partial charge in [0, 0.05) is 24.2 Å². The van der Waals surface area contributed by atoms with E-state index in [4.69, 9.17) is 24.4 Å². The highest BCUT2D eigenvalue weighted by Crippen LogP contribution is 2.06. The van der Waals surface area contributed by atoms with Crippen molar-refractivity contribution in [3.8, 4) is 0 Å². The predicted molar refractivity (Wildman–Crippen MR) is 76.0 cm³/mol. The van der Waals surface area contributed by atoms with Crippen LogP contribution in [0.15, 0.2) is 25.3 Å². The van der Waals surface area contributed by atoms with E-state index in [-0.39, 0.29) is 0 Å². The lowest BCUT2D eigenvalue weighted by Crippen LogP contribution is -2.00. The molecule has 0 amide bonds. The second-order valence-corrected chi connectivity index (χ2v) is 3.67. The van der Waals surface area contributed by atoms with Crippen LogP contribution in [0.25, 0.3) is 0 Å². The third kappa shape index (κ3) is 4.24. The molecule has 1 aromatic rings. The molecule has 0 radical (unpaired) electrons. The van der Waals surface area contributed by atoms with Gasteiger partial charge in [0.25, 0.3) is 0 Å². The van der Waals surface area contributed by atoms with Crippen molar-refractivity contribution in [3.63, 3.8) is 0 Å². The minimum atomic E-state index is 0.574. The predicted octanol–water partition coefficient (Wildman–Crippen LogP) is 4.28. The van der Waals surface area contributed by atoms with Crippen LogP contribution in [0.3, 0.4) is 0 Å². The van der Waals surface area contributed by atoms with Gasteiger partial charge >= 0.3 is 0 Å². The molecule has 0 saturated carbocycles. The van der Waals surface area contributed by atoms with Gasteiger partial charge in [-0.05, 0) is 0 Å². The second-order valence-electron chi connectivity index (χ2n) is 2.85. The molecule has 0 spiro atoms. The maximum Gasteiger partial charge on any atom is 0.138 e. The van der Waals surface area contributed by atoms with Gasteiger partial charge in [0.05, 0.1) is 0 Å². The molecule has 0 aliphatic heterocycles. The minimum Gasteiger partial charge on any atom is -0.346 e. The molecule has 0 bridgehead atoms. The van der Waals surface area contributed by atoms with Gasteiger partial charge in [0.2, 0.25) is 0 Å². The highest BCUT2D eigenvalue weighted by atomic mass is 32.1. The lowest BCUT2D eigenvalue weighted by molar-refractivity contribution is 0.947. The Labute approximate surface area is 107 Å². The summed E-state index contributed by atoms with van der Waals surface area (Å²) in [6.45, 7) is 11.4. The number of rotatable bonds is 4. The van der Waals surface area contributed by atoms with Crippen LogP contribution in [-0.2, 0) is 12.8 Å². The van der Waals surface area contributed by atoms with Crippen molar-refractivity contribution in [1.82, 2.24) is 9.97 Å². The topological polar surface area (TPSA) is 31.6 Å². The van der Waals surface area contributed by atoms with E-state index in [9.17, 15) is 0 Å². The smallest absolute Gasteiger partial charge is 0.138 e. The second kappa shape index (κ2) is 8.19. The van der Waals surface area contributed by atoms with E-state index in [1.165, 1.54) is 0 Å². The molecule has 1 rings (SSSR count). The Morgan fingerprint density at radius 1 is 0.938 bits per heavy atom. The van der Waals surface area contributed by atoms with E-state index >= 15 is 0 Å². The van der Waals surface area contributed by atoms with Gasteiger partial charge in [-0.25, -0.2) is 0 Å². The van der Waals surface area contributed by atoms with Gasteiger partial charge in [0.1, 0.15) is 9.28 Å². The summed E-state index contributed by atoms with van der Waals surface area (Å²) < 4.78 is 1.15. The molecule has 0 atom stereocenters. The van der Waals surface area contributed by atoms with Crippen molar-refractivity contribution in [3.05, 3.63) is 46.0 Å². The summed E-state index contributed by atoms with van der Waals surface area (Å²) in [5.74, 6) is 0. The fraction of sp³-hybridized carbons (Fsp3) is 0.333. The Balaban J connectivity index is 0.00000106. The first-order chi connectivity index (χ1) is 7.69. The molecule has 0 aromatic carbocycles. The third-order valence-electron chi connectivity index (χ3n) is 1.80. The molecule has 88 valence electrons. The average molecular weight is 254 g/mol. The van der Waals surface area contributed by atoms with Crippen molar-refractivity contribution in [2.45, 2.75) is 26.7 Å². The molecule has 0 unspecified atom stereocenters. The molecule has 1 heterocycles. The summed E-state index contributed by atoms with van der Waals surface area (Å²) in [4.78, 5) is 6.18. The summed E-state index contributed by atoms with van der Waals surface area (Å²) in [6.07, 6.45) is 5.14. The van der Waals surface area contributed by atoms with Crippen molar-refractivity contribution < 1.29 is 0 Å². The lowest BCUT2D eigenvalue weighted by Gasteiger charge is -2.05. The highest BCUT2D eigenvalue weighted by molar-refractivity contribution is 7.73. The first-order valence-electron chi connectivity index (χ1n) is 5.25. The Hall–Kier alpha value is -1.00. The molecule has 2 N–H and O–H groups in total. The zero-order valence-corrected chi connectivity index (χ0v) is 11.4. The monoisotopic (exact) mass is 254 g/mol. The van der Waals surface area contributed by atoms with E-state index in [1.807, 2.05) is 26.0 Å². The lowest BCUT2D eigenvalue weighted by atomic mass is 10.2. The number of nitrogens with one attached hydrogen (secondary N) is 2. The molecule has 2 nitrogen and oxygen atoms in total. The number of hydrogen-bond acceptors (Lipinski definition) is 2. The molecule has 16 heavy (non-hydrogen) atoms. The Bertz CT molecular complexity index is 412. The number of allylic oxidation sites excluding steroid dienone is 2. The van der Waals surface area contributed by atoms with Gasteiger partial charge in [-0.1, -0.05) is 50.4 Å². The first kappa shape index (κ1) is 15.0. The summed E-state index contributed by atoms with van der Waals surface area (Å²) >= 11 is 10.1. The van der Waals surface area contributed by atoms with Crippen LogP contribution in [0.2, 0.25) is 0 Å². The van der Waals surface area contributed by atoms with Crippen molar-refractivity contribution in [2.75, 3.05) is 0 Å². The Morgan fingerprint density at radius 3 is 1.50 bits per heavy atom. The van der Waals surface area contributed by atoms with Gasteiger partial charge in [-0.15, -0.1) is 13.2 Å². The van der Waals surface area contributed by atoms with Crippen LogP contribution in [0.4, 0.5) is 0 Å². The SMILES string of the molecule is C=CCc1[nH]c(=S)c(=S)[nH]c1CC=C.CC. The number of aromatic nitrogens is 2. The first-order valence-corrected chi connectivity index (χ1v) is 6.06. The van der Waals surface area contributed by atoms with Crippen molar-refractivity contribution in [1.29, 1.82) is 0 Å². The molecule has 0 fully saturated rings. The van der Waals surface area contributed by atoms with E-state index in [2.05, 4.69) is 23.1 Å². The number of hydrogen-bond donors (Lipinski definition) is 2. The fourth-order valence-electron chi connectivity index (χ4n) is 1.18. The number of aromatic amines is 2. The summed E-state index contributed by atoms with van der Waals surface area (Å²) in [5, 5.41) is 0. The van der Waals surface area contributed by atoms with Crippen molar-refractivity contribution in [2.24, 2.45) is 0 Å². The van der Waals surface area contributed by atoms with Gasteiger partial charge in [0.15, 0.2) is 0 Å². The Kier molecular flexibility index (Phi) is 7.68. The van der Waals surface area contributed by atoms with Gasteiger partial charge in [-0.2, -0.15) is 0 Å². The largest absolute Gasteiger partial charge is 0.346 e. The zero-order valence-electron chi connectivity index (χ0n) is 9.80. The summed E-state index contributed by atoms with van der Waals surface area (Å²) in [5.41, 5.74) is 2.05. The fourth-order valence-corrected chi connectivity index (χ4v) is 1.52. The van der Waals surface area contributed by atoms with Crippen LogP contribution < -0.4 is 0 Å². The summed E-state index contributed by atoms with van der Waals surface area (Å²) in [6, 6.07) is 0. The average Bonchev–Trinajstić information content (AvgIpc) is 2.29. The molecule has 4 heteroatoms. The molecular formula is C12H18N2S2. The molecule has 0 aliphatic rings. The normalized spacial score (nSPS) is 8.88. The maximum absolute atomic E-state index is 5.05. The molecular weight excluding hydrogens is 236 g/mol. The number of H-pyrrole nitrogens is 2. The summed E-state index contributed by atoms with van der Waals surface area (Å²) in [7, 11) is 0. The quantitative estimate of drug-likeness (QED) is 0.620. The van der Waals surface area contributed by atoms with Crippen LogP contribution in [0, 0.1) is 9.28 Å². The van der Waals surface area contributed by atoms with E-state index in [0.29, 0.717) is 9.28 Å². The highest BCUT2D eigenvalue weighted by Gasteiger charge is 2.00. The zero-order chi connectivity index (χ0) is 12.6. The van der Waals surface area contributed by atoms with Gasteiger partial charge in [-0.3, -0.25) is 0 Å². The standard InChI is InChI=1S/C10H12N2S2.C2H6/c1-3-5-7-8(6-4-2)12-10(14)9(13)11-7;1-2/h3-4H,1-2,5-6H2,(H,11,13)(H,12,14);1-2H3. The van der Waals surface area contributed by atoms with Crippen molar-refractivity contribution >= 4 is 24.4 Å².